The number of carboxylic acids is 1. The SMILES string of the molecule is CC(C)NS(=O)(=O)c1cccnc1N1CCC(C(=O)O)C1. The predicted molar refractivity (Wildman–Crippen MR) is 77.7 cm³/mol. The van der Waals surface area contributed by atoms with Crippen molar-refractivity contribution in [1.82, 2.24) is 9.71 Å². The molecule has 1 fully saturated rings. The van der Waals surface area contributed by atoms with E-state index in [1.807, 2.05) is 0 Å². The second kappa shape index (κ2) is 5.98. The Morgan fingerprint density at radius 2 is 2.24 bits per heavy atom. The molecule has 0 amide bonds. The van der Waals surface area contributed by atoms with Crippen molar-refractivity contribution in [3.8, 4) is 0 Å². The number of hydrogen-bond donors (Lipinski definition) is 2. The summed E-state index contributed by atoms with van der Waals surface area (Å²) < 4.78 is 27.2. The fourth-order valence-electron chi connectivity index (χ4n) is 2.36. The normalized spacial score (nSPS) is 19.2. The first-order chi connectivity index (χ1) is 9.81. The summed E-state index contributed by atoms with van der Waals surface area (Å²) in [7, 11) is -3.67. The van der Waals surface area contributed by atoms with E-state index in [0.29, 0.717) is 18.8 Å². The Labute approximate surface area is 124 Å². The molecule has 0 aromatic carbocycles. The van der Waals surface area contributed by atoms with Crippen LogP contribution in [-0.2, 0) is 14.8 Å². The standard InChI is InChI=1S/C13H19N3O4S/c1-9(2)15-21(19,20)11-4-3-6-14-12(11)16-7-5-10(8-16)13(17)18/h3-4,6,9-10,15H,5,7-8H2,1-2H3,(H,17,18). The van der Waals surface area contributed by atoms with Crippen LogP contribution in [0.1, 0.15) is 20.3 Å². The van der Waals surface area contributed by atoms with Crippen LogP contribution in [0.2, 0.25) is 0 Å². The first-order valence-corrected chi connectivity index (χ1v) is 8.24. The Morgan fingerprint density at radius 3 is 2.81 bits per heavy atom. The molecular weight excluding hydrogens is 294 g/mol. The minimum absolute atomic E-state index is 0.0877. The number of anilines is 1. The highest BCUT2D eigenvalue weighted by atomic mass is 32.2. The fourth-order valence-corrected chi connectivity index (χ4v) is 3.78. The minimum Gasteiger partial charge on any atom is -0.481 e. The van der Waals surface area contributed by atoms with Crippen LogP contribution in [-0.4, -0.2) is 43.6 Å². The van der Waals surface area contributed by atoms with E-state index in [1.54, 1.807) is 24.8 Å². The Hall–Kier alpha value is -1.67. The van der Waals surface area contributed by atoms with Crippen LogP contribution >= 0.6 is 0 Å². The third-order valence-corrected chi connectivity index (χ3v) is 4.95. The van der Waals surface area contributed by atoms with Crippen molar-refractivity contribution < 1.29 is 18.3 Å². The Balaban J connectivity index is 2.32. The minimum atomic E-state index is -3.67. The number of sulfonamides is 1. The van der Waals surface area contributed by atoms with Crippen LogP contribution in [0.4, 0.5) is 5.82 Å². The molecule has 116 valence electrons. The van der Waals surface area contributed by atoms with Gasteiger partial charge in [-0.1, -0.05) is 0 Å². The molecule has 1 atom stereocenters. The first-order valence-electron chi connectivity index (χ1n) is 6.76. The van der Waals surface area contributed by atoms with Gasteiger partial charge in [-0.2, -0.15) is 0 Å². The van der Waals surface area contributed by atoms with Gasteiger partial charge in [-0.15, -0.1) is 0 Å². The van der Waals surface area contributed by atoms with Gasteiger partial charge in [0.2, 0.25) is 10.0 Å². The van der Waals surface area contributed by atoms with Crippen LogP contribution < -0.4 is 9.62 Å². The van der Waals surface area contributed by atoms with Crippen molar-refractivity contribution in [2.75, 3.05) is 18.0 Å². The van der Waals surface area contributed by atoms with Crippen LogP contribution in [0.15, 0.2) is 23.2 Å². The number of carbonyl (C=O) groups is 1. The second-order valence-corrected chi connectivity index (χ2v) is 7.05. The lowest BCUT2D eigenvalue weighted by molar-refractivity contribution is -0.140. The van der Waals surface area contributed by atoms with Gasteiger partial charge in [0.25, 0.3) is 0 Å². The maximum absolute atomic E-state index is 12.3. The molecule has 1 aliphatic heterocycles. The average molecular weight is 313 g/mol. The largest absolute Gasteiger partial charge is 0.481 e. The van der Waals surface area contributed by atoms with Crippen molar-refractivity contribution in [2.45, 2.75) is 31.2 Å². The molecule has 0 saturated carbocycles. The summed E-state index contributed by atoms with van der Waals surface area (Å²) in [4.78, 5) is 17.0. The molecule has 0 bridgehead atoms. The van der Waals surface area contributed by atoms with Gasteiger partial charge in [-0.25, -0.2) is 18.1 Å². The molecule has 0 aliphatic carbocycles. The van der Waals surface area contributed by atoms with Gasteiger partial charge >= 0.3 is 5.97 Å². The molecule has 0 spiro atoms. The number of carboxylic acid groups (broad SMARTS) is 1. The van der Waals surface area contributed by atoms with E-state index in [9.17, 15) is 13.2 Å². The van der Waals surface area contributed by atoms with Crippen molar-refractivity contribution in [3.63, 3.8) is 0 Å². The number of pyridine rings is 1. The number of aliphatic carboxylic acids is 1. The third kappa shape index (κ3) is 3.51. The van der Waals surface area contributed by atoms with Crippen molar-refractivity contribution in [3.05, 3.63) is 18.3 Å². The van der Waals surface area contributed by atoms with E-state index in [0.717, 1.165) is 0 Å². The number of nitrogens with one attached hydrogen (secondary N) is 1. The molecule has 1 aromatic rings. The lowest BCUT2D eigenvalue weighted by atomic mass is 10.1. The lowest BCUT2D eigenvalue weighted by Crippen LogP contribution is -2.32. The zero-order valence-corrected chi connectivity index (χ0v) is 12.8. The van der Waals surface area contributed by atoms with Crippen LogP contribution in [0.5, 0.6) is 0 Å². The second-order valence-electron chi connectivity index (χ2n) is 5.37. The molecule has 1 aliphatic rings. The van der Waals surface area contributed by atoms with Crippen molar-refractivity contribution >= 4 is 21.8 Å². The van der Waals surface area contributed by atoms with E-state index < -0.39 is 21.9 Å². The molecule has 1 aromatic heterocycles. The molecule has 2 N–H and O–H groups in total. The lowest BCUT2D eigenvalue weighted by Gasteiger charge is -2.20. The first kappa shape index (κ1) is 15.7. The molecule has 1 saturated heterocycles. The molecule has 8 heteroatoms. The predicted octanol–water partition coefficient (Wildman–Crippen LogP) is 0.679. The monoisotopic (exact) mass is 313 g/mol. The quantitative estimate of drug-likeness (QED) is 0.829. The van der Waals surface area contributed by atoms with Gasteiger partial charge in [0.15, 0.2) is 0 Å². The average Bonchev–Trinajstić information content (AvgIpc) is 2.87. The van der Waals surface area contributed by atoms with Crippen LogP contribution in [0, 0.1) is 5.92 Å². The maximum atomic E-state index is 12.3. The molecule has 21 heavy (non-hydrogen) atoms. The van der Waals surface area contributed by atoms with Gasteiger partial charge in [0, 0.05) is 25.3 Å². The van der Waals surface area contributed by atoms with E-state index in [2.05, 4.69) is 9.71 Å². The highest BCUT2D eigenvalue weighted by Crippen LogP contribution is 2.28. The third-order valence-electron chi connectivity index (χ3n) is 3.27. The van der Waals surface area contributed by atoms with E-state index in [1.165, 1.54) is 12.3 Å². The summed E-state index contributed by atoms with van der Waals surface area (Å²) in [6.45, 7) is 4.24. The van der Waals surface area contributed by atoms with E-state index >= 15 is 0 Å². The maximum Gasteiger partial charge on any atom is 0.308 e. The highest BCUT2D eigenvalue weighted by molar-refractivity contribution is 7.89. The molecule has 2 rings (SSSR count). The number of rotatable bonds is 5. The highest BCUT2D eigenvalue weighted by Gasteiger charge is 2.32. The summed E-state index contributed by atoms with van der Waals surface area (Å²) in [6, 6.07) is 2.82. The Bertz CT molecular complexity index is 630. The topological polar surface area (TPSA) is 99.6 Å². The van der Waals surface area contributed by atoms with E-state index in [4.69, 9.17) is 5.11 Å². The zero-order chi connectivity index (χ0) is 15.6. The summed E-state index contributed by atoms with van der Waals surface area (Å²) in [5.41, 5.74) is 0. The van der Waals surface area contributed by atoms with Crippen LogP contribution in [0.25, 0.3) is 0 Å². The fraction of sp³-hybridized carbons (Fsp3) is 0.538. The van der Waals surface area contributed by atoms with Gasteiger partial charge in [-0.05, 0) is 32.4 Å². The summed E-state index contributed by atoms with van der Waals surface area (Å²) >= 11 is 0. The molecule has 0 radical (unpaired) electrons. The summed E-state index contributed by atoms with van der Waals surface area (Å²) in [5.74, 6) is -1.03. The van der Waals surface area contributed by atoms with Crippen molar-refractivity contribution in [2.24, 2.45) is 5.92 Å². The van der Waals surface area contributed by atoms with Gasteiger partial charge < -0.3 is 10.0 Å². The smallest absolute Gasteiger partial charge is 0.308 e. The summed E-state index contributed by atoms with van der Waals surface area (Å²) in [5, 5.41) is 9.05. The number of hydrogen-bond acceptors (Lipinski definition) is 5. The molecular formula is C13H19N3O4S. The Morgan fingerprint density at radius 1 is 1.52 bits per heavy atom. The van der Waals surface area contributed by atoms with E-state index in [-0.39, 0.29) is 17.5 Å². The van der Waals surface area contributed by atoms with Gasteiger partial charge in [0.05, 0.1) is 5.92 Å². The zero-order valence-electron chi connectivity index (χ0n) is 12.0. The molecule has 2 heterocycles. The van der Waals surface area contributed by atoms with Gasteiger partial charge in [0.1, 0.15) is 10.7 Å². The van der Waals surface area contributed by atoms with Crippen LogP contribution in [0.3, 0.4) is 0 Å². The number of nitrogens with zero attached hydrogens (tertiary/aromatic N) is 2. The van der Waals surface area contributed by atoms with Gasteiger partial charge in [-0.3, -0.25) is 4.79 Å². The Kier molecular flexibility index (Phi) is 4.48. The summed E-state index contributed by atoms with van der Waals surface area (Å²) in [6.07, 6.45) is 2.00. The molecule has 7 nitrogen and oxygen atoms in total. The number of aromatic nitrogens is 1. The van der Waals surface area contributed by atoms with Crippen molar-refractivity contribution in [1.29, 1.82) is 0 Å². The molecule has 1 unspecified atom stereocenters.